The van der Waals surface area contributed by atoms with Crippen molar-refractivity contribution in [1.82, 2.24) is 5.43 Å². The third-order valence-corrected chi connectivity index (χ3v) is 3.58. The van der Waals surface area contributed by atoms with E-state index in [-0.39, 0.29) is 17.4 Å². The maximum Gasteiger partial charge on any atom is 0.271 e. The maximum absolute atomic E-state index is 12.0. The van der Waals surface area contributed by atoms with Crippen LogP contribution in [-0.2, 0) is 4.79 Å². The van der Waals surface area contributed by atoms with Crippen LogP contribution in [0.5, 0.6) is 11.5 Å². The van der Waals surface area contributed by atoms with Crippen molar-refractivity contribution < 1.29 is 19.4 Å². The van der Waals surface area contributed by atoms with Crippen LogP contribution in [0.4, 0.5) is 5.69 Å². The Morgan fingerprint density at radius 1 is 1.24 bits per heavy atom. The van der Waals surface area contributed by atoms with E-state index in [9.17, 15) is 14.7 Å². The average Bonchev–Trinajstić information content (AvgIpc) is 2.57. The van der Waals surface area contributed by atoms with Crippen molar-refractivity contribution in [3.63, 3.8) is 0 Å². The van der Waals surface area contributed by atoms with Gasteiger partial charge in [-0.25, -0.2) is 5.43 Å². The second kappa shape index (κ2) is 8.29. The Morgan fingerprint density at radius 3 is 2.52 bits per heavy atom. The van der Waals surface area contributed by atoms with E-state index >= 15 is 0 Å². The molecule has 0 heterocycles. The Labute approximate surface area is 152 Å². The van der Waals surface area contributed by atoms with Gasteiger partial charge in [0.2, 0.25) is 5.91 Å². The summed E-state index contributed by atoms with van der Waals surface area (Å²) in [5.41, 5.74) is 3.72. The van der Waals surface area contributed by atoms with E-state index in [4.69, 9.17) is 4.74 Å². The number of aromatic hydroxyl groups is 1. The number of anilines is 1. The van der Waals surface area contributed by atoms with Crippen LogP contribution in [0.1, 0.15) is 22.8 Å². The first-order chi connectivity index (χ1) is 11.9. The van der Waals surface area contributed by atoms with Gasteiger partial charge in [-0.15, -0.1) is 0 Å². The van der Waals surface area contributed by atoms with Crippen LogP contribution in [0.3, 0.4) is 0 Å². The molecule has 2 amide bonds. The standard InChI is InChI=1S/C17H16BrN3O4/c1-10(22)20-14-5-3-11(4-6-14)17(24)21-19-9-12-7-13(18)8-15(25-2)16(12)23/h3-9,23H,1-2H3,(H,20,22)(H,21,24)/b19-9+. The molecule has 0 aromatic heterocycles. The number of ether oxygens (including phenoxy) is 1. The van der Waals surface area contributed by atoms with Crippen LogP contribution < -0.4 is 15.5 Å². The summed E-state index contributed by atoms with van der Waals surface area (Å²) < 4.78 is 5.74. The van der Waals surface area contributed by atoms with Crippen molar-refractivity contribution >= 4 is 39.6 Å². The second-order valence-electron chi connectivity index (χ2n) is 5.00. The molecule has 0 atom stereocenters. The fraction of sp³-hybridized carbons (Fsp3) is 0.118. The first-order valence-corrected chi connectivity index (χ1v) is 7.97. The summed E-state index contributed by atoms with van der Waals surface area (Å²) >= 11 is 3.30. The predicted molar refractivity (Wildman–Crippen MR) is 98.2 cm³/mol. The van der Waals surface area contributed by atoms with Gasteiger partial charge >= 0.3 is 0 Å². The normalized spacial score (nSPS) is 10.5. The van der Waals surface area contributed by atoms with E-state index in [1.165, 1.54) is 20.2 Å². The molecule has 0 bridgehead atoms. The first kappa shape index (κ1) is 18.5. The van der Waals surface area contributed by atoms with Crippen LogP contribution >= 0.6 is 15.9 Å². The molecule has 0 aliphatic heterocycles. The third-order valence-electron chi connectivity index (χ3n) is 3.13. The average molecular weight is 406 g/mol. The summed E-state index contributed by atoms with van der Waals surface area (Å²) in [5.74, 6) is -0.405. The van der Waals surface area contributed by atoms with Crippen molar-refractivity contribution in [2.75, 3.05) is 12.4 Å². The van der Waals surface area contributed by atoms with Gasteiger partial charge in [-0.05, 0) is 36.4 Å². The lowest BCUT2D eigenvalue weighted by atomic mass is 10.2. The number of phenolic OH excluding ortho intramolecular Hbond substituents is 1. The summed E-state index contributed by atoms with van der Waals surface area (Å²) in [7, 11) is 1.44. The van der Waals surface area contributed by atoms with E-state index < -0.39 is 5.91 Å². The van der Waals surface area contributed by atoms with Gasteiger partial charge in [-0.2, -0.15) is 5.10 Å². The smallest absolute Gasteiger partial charge is 0.271 e. The number of halogens is 1. The molecule has 0 saturated heterocycles. The molecule has 7 nitrogen and oxygen atoms in total. The first-order valence-electron chi connectivity index (χ1n) is 7.18. The zero-order valence-corrected chi connectivity index (χ0v) is 15.1. The predicted octanol–water partition coefficient (Wildman–Crippen LogP) is 2.89. The van der Waals surface area contributed by atoms with Crippen molar-refractivity contribution in [2.24, 2.45) is 5.10 Å². The number of nitrogens with one attached hydrogen (secondary N) is 2. The van der Waals surface area contributed by atoms with Gasteiger partial charge < -0.3 is 15.2 Å². The Balaban J connectivity index is 2.06. The number of methoxy groups -OCH3 is 1. The van der Waals surface area contributed by atoms with Gasteiger partial charge in [-0.1, -0.05) is 15.9 Å². The molecule has 2 rings (SSSR count). The molecule has 0 spiro atoms. The number of hydrogen-bond acceptors (Lipinski definition) is 5. The van der Waals surface area contributed by atoms with Crippen LogP contribution in [0.2, 0.25) is 0 Å². The maximum atomic E-state index is 12.0. The van der Waals surface area contributed by atoms with E-state index in [0.717, 1.165) is 0 Å². The molecule has 3 N–H and O–H groups in total. The molecular weight excluding hydrogens is 390 g/mol. The minimum atomic E-state index is -0.424. The fourth-order valence-corrected chi connectivity index (χ4v) is 2.44. The SMILES string of the molecule is COc1cc(Br)cc(/C=N/NC(=O)c2ccc(NC(C)=O)cc2)c1O. The molecule has 2 aromatic rings. The highest BCUT2D eigenvalue weighted by molar-refractivity contribution is 9.10. The van der Waals surface area contributed by atoms with Crippen molar-refractivity contribution in [3.05, 3.63) is 52.0 Å². The minimum Gasteiger partial charge on any atom is -0.504 e. The topological polar surface area (TPSA) is 100 Å². The zero-order chi connectivity index (χ0) is 18.4. The van der Waals surface area contributed by atoms with Gasteiger partial charge in [0.05, 0.1) is 13.3 Å². The van der Waals surface area contributed by atoms with Gasteiger partial charge in [0.15, 0.2) is 11.5 Å². The monoisotopic (exact) mass is 405 g/mol. The Kier molecular flexibility index (Phi) is 6.13. The number of carbonyl (C=O) groups excluding carboxylic acids is 2. The zero-order valence-electron chi connectivity index (χ0n) is 13.5. The molecular formula is C17H16BrN3O4. The van der Waals surface area contributed by atoms with E-state index in [0.29, 0.717) is 21.3 Å². The van der Waals surface area contributed by atoms with E-state index in [1.54, 1.807) is 36.4 Å². The Bertz CT molecular complexity index is 819. The summed E-state index contributed by atoms with van der Waals surface area (Å²) in [6, 6.07) is 9.61. The number of amides is 2. The Morgan fingerprint density at radius 2 is 1.92 bits per heavy atom. The number of hydrogen-bond donors (Lipinski definition) is 3. The number of benzene rings is 2. The van der Waals surface area contributed by atoms with Gasteiger partial charge in [-0.3, -0.25) is 9.59 Å². The van der Waals surface area contributed by atoms with Crippen molar-refractivity contribution in [1.29, 1.82) is 0 Å². The molecule has 25 heavy (non-hydrogen) atoms. The van der Waals surface area contributed by atoms with E-state index in [2.05, 4.69) is 31.8 Å². The number of hydrazone groups is 1. The van der Waals surface area contributed by atoms with Gasteiger partial charge in [0, 0.05) is 28.2 Å². The minimum absolute atomic E-state index is 0.0802. The molecule has 0 aliphatic rings. The van der Waals surface area contributed by atoms with Crippen LogP contribution in [0.15, 0.2) is 46.0 Å². The van der Waals surface area contributed by atoms with Gasteiger partial charge in [0.1, 0.15) is 0 Å². The highest BCUT2D eigenvalue weighted by Gasteiger charge is 2.09. The van der Waals surface area contributed by atoms with Crippen molar-refractivity contribution in [2.45, 2.75) is 6.92 Å². The molecule has 0 radical (unpaired) electrons. The molecule has 2 aromatic carbocycles. The van der Waals surface area contributed by atoms with Crippen LogP contribution in [-0.4, -0.2) is 30.2 Å². The van der Waals surface area contributed by atoms with Crippen LogP contribution in [0, 0.1) is 0 Å². The fourth-order valence-electron chi connectivity index (χ4n) is 1.98. The van der Waals surface area contributed by atoms with Gasteiger partial charge in [0.25, 0.3) is 5.91 Å². The third kappa shape index (κ3) is 5.05. The van der Waals surface area contributed by atoms with E-state index in [1.807, 2.05) is 0 Å². The summed E-state index contributed by atoms with van der Waals surface area (Å²) in [6.45, 7) is 1.40. The number of phenols is 1. The second-order valence-corrected chi connectivity index (χ2v) is 5.92. The lowest BCUT2D eigenvalue weighted by Gasteiger charge is -2.07. The molecule has 0 aliphatic carbocycles. The lowest BCUT2D eigenvalue weighted by molar-refractivity contribution is -0.114. The molecule has 0 saturated carbocycles. The molecule has 8 heteroatoms. The molecule has 130 valence electrons. The highest BCUT2D eigenvalue weighted by atomic mass is 79.9. The summed E-state index contributed by atoms with van der Waals surface area (Å²) in [5, 5.41) is 16.5. The molecule has 0 fully saturated rings. The number of nitrogens with zero attached hydrogens (tertiary/aromatic N) is 1. The largest absolute Gasteiger partial charge is 0.504 e. The summed E-state index contributed by atoms with van der Waals surface area (Å²) in [4.78, 5) is 23.0. The summed E-state index contributed by atoms with van der Waals surface area (Å²) in [6.07, 6.45) is 1.31. The van der Waals surface area contributed by atoms with Crippen LogP contribution in [0.25, 0.3) is 0 Å². The molecule has 0 unspecified atom stereocenters. The quantitative estimate of drug-likeness (QED) is 0.525. The van der Waals surface area contributed by atoms with Crippen molar-refractivity contribution in [3.8, 4) is 11.5 Å². The Hall–Kier alpha value is -2.87. The highest BCUT2D eigenvalue weighted by Crippen LogP contribution is 2.32. The lowest BCUT2D eigenvalue weighted by Crippen LogP contribution is -2.17. The number of rotatable bonds is 5. The number of carbonyl (C=O) groups is 2.